The molecule has 4 rings (SSSR count). The molecule has 0 amide bonds. The molecule has 6 nitrogen and oxygen atoms in total. The van der Waals surface area contributed by atoms with Gasteiger partial charge in [0.15, 0.2) is 10.9 Å². The maximum absolute atomic E-state index is 9.02. The molecule has 0 spiro atoms. The Balaban J connectivity index is 1.43. The van der Waals surface area contributed by atoms with E-state index in [1.807, 2.05) is 37.6 Å². The van der Waals surface area contributed by atoms with Crippen molar-refractivity contribution in [1.82, 2.24) is 15.1 Å². The third-order valence-electron chi connectivity index (χ3n) is 3.86. The van der Waals surface area contributed by atoms with Crippen LogP contribution in [0.4, 0.5) is 5.69 Å². The van der Waals surface area contributed by atoms with Gasteiger partial charge in [0, 0.05) is 7.05 Å². The van der Waals surface area contributed by atoms with Gasteiger partial charge in [-0.05, 0) is 29.6 Å². The molecule has 130 valence electrons. The molecule has 0 aliphatic carbocycles. The van der Waals surface area contributed by atoms with E-state index >= 15 is 0 Å². The van der Waals surface area contributed by atoms with Crippen LogP contribution < -0.4 is 10.6 Å². The predicted molar refractivity (Wildman–Crippen MR) is 103 cm³/mol. The highest BCUT2D eigenvalue weighted by atomic mass is 32.2. The number of imidazole rings is 1. The fraction of sp³-hybridized carbons (Fsp3) is 0.111. The zero-order valence-electron chi connectivity index (χ0n) is 13.9. The normalized spacial score (nSPS) is 13.4. The first-order valence-corrected chi connectivity index (χ1v) is 9.72. The smallest absolute Gasteiger partial charge is 0.168 e. The summed E-state index contributed by atoms with van der Waals surface area (Å²) in [6.45, 7) is 0. The molecule has 1 aliphatic rings. The molecule has 0 unspecified atom stereocenters. The third kappa shape index (κ3) is 3.32. The molecular formula is C18H15N5OS2. The number of thiophene rings is 1. The third-order valence-corrected chi connectivity index (χ3v) is 5.82. The number of rotatable bonds is 5. The van der Waals surface area contributed by atoms with Crippen LogP contribution in [-0.2, 0) is 11.9 Å². The number of anilines is 1. The molecule has 2 aromatic heterocycles. The van der Waals surface area contributed by atoms with Crippen LogP contribution in [0.5, 0.6) is 0 Å². The Morgan fingerprint density at radius 3 is 3.08 bits per heavy atom. The van der Waals surface area contributed by atoms with Gasteiger partial charge in [-0.1, -0.05) is 29.5 Å². The van der Waals surface area contributed by atoms with Crippen LogP contribution in [0.1, 0.15) is 5.56 Å². The second-order valence-electron chi connectivity index (χ2n) is 5.57. The van der Waals surface area contributed by atoms with Gasteiger partial charge in [0.2, 0.25) is 0 Å². The van der Waals surface area contributed by atoms with Crippen LogP contribution in [0.15, 0.2) is 65.1 Å². The minimum atomic E-state index is 0.606. The quantitative estimate of drug-likeness (QED) is 0.676. The Morgan fingerprint density at radius 1 is 1.35 bits per heavy atom. The van der Waals surface area contributed by atoms with Gasteiger partial charge in [0.1, 0.15) is 0 Å². The number of aromatic nitrogens is 2. The van der Waals surface area contributed by atoms with Crippen molar-refractivity contribution in [3.8, 4) is 16.6 Å². The Bertz CT molecular complexity index is 987. The maximum Gasteiger partial charge on any atom is 0.168 e. The van der Waals surface area contributed by atoms with E-state index in [0.717, 1.165) is 22.3 Å². The van der Waals surface area contributed by atoms with Crippen molar-refractivity contribution < 1.29 is 4.84 Å². The second-order valence-corrected chi connectivity index (χ2v) is 7.46. The summed E-state index contributed by atoms with van der Waals surface area (Å²) in [5, 5.41) is 13.8. The number of hydrogen-bond acceptors (Lipinski definition) is 7. The second kappa shape index (κ2) is 7.25. The first-order chi connectivity index (χ1) is 12.7. The van der Waals surface area contributed by atoms with Gasteiger partial charge >= 0.3 is 0 Å². The van der Waals surface area contributed by atoms with Crippen LogP contribution in [0.3, 0.4) is 0 Å². The van der Waals surface area contributed by atoms with Crippen molar-refractivity contribution in [2.45, 2.75) is 5.16 Å². The number of benzene rings is 1. The van der Waals surface area contributed by atoms with Gasteiger partial charge < -0.3 is 9.40 Å². The summed E-state index contributed by atoms with van der Waals surface area (Å²) in [5.41, 5.74) is 5.41. The van der Waals surface area contributed by atoms with Gasteiger partial charge in [-0.2, -0.15) is 5.26 Å². The van der Waals surface area contributed by atoms with Crippen LogP contribution in [0, 0.1) is 11.3 Å². The van der Waals surface area contributed by atoms with Crippen molar-refractivity contribution in [2.24, 2.45) is 7.05 Å². The minimum absolute atomic E-state index is 0.606. The van der Waals surface area contributed by atoms with E-state index < -0.39 is 0 Å². The Labute approximate surface area is 159 Å². The largest absolute Gasteiger partial charge is 0.391 e. The van der Waals surface area contributed by atoms with Crippen molar-refractivity contribution in [1.29, 1.82) is 5.26 Å². The zero-order chi connectivity index (χ0) is 17.9. The topological polar surface area (TPSA) is 66.1 Å². The number of nitriles is 1. The first-order valence-electron chi connectivity index (χ1n) is 7.85. The lowest BCUT2D eigenvalue weighted by atomic mass is 10.2. The molecule has 3 heterocycles. The average Bonchev–Trinajstić information content (AvgIpc) is 3.41. The van der Waals surface area contributed by atoms with Crippen LogP contribution >= 0.6 is 23.1 Å². The molecule has 0 bridgehead atoms. The molecule has 3 aromatic rings. The first kappa shape index (κ1) is 16.7. The van der Waals surface area contributed by atoms with E-state index in [2.05, 4.69) is 32.7 Å². The summed E-state index contributed by atoms with van der Waals surface area (Å²) in [5.74, 6) is 1.44. The maximum atomic E-state index is 9.02. The van der Waals surface area contributed by atoms with Crippen LogP contribution in [0.2, 0.25) is 0 Å². The highest BCUT2D eigenvalue weighted by Crippen LogP contribution is 2.29. The van der Waals surface area contributed by atoms with Gasteiger partial charge in [-0.3, -0.25) is 0 Å². The Kier molecular flexibility index (Phi) is 4.67. The summed E-state index contributed by atoms with van der Waals surface area (Å²) >= 11 is 3.31. The molecule has 1 N–H and O–H groups in total. The van der Waals surface area contributed by atoms with E-state index in [4.69, 9.17) is 10.1 Å². The summed E-state index contributed by atoms with van der Waals surface area (Å²) in [7, 11) is 2.02. The highest BCUT2D eigenvalue weighted by molar-refractivity contribution is 7.99. The van der Waals surface area contributed by atoms with E-state index in [0.29, 0.717) is 11.3 Å². The molecule has 26 heavy (non-hydrogen) atoms. The Morgan fingerprint density at radius 2 is 2.27 bits per heavy atom. The van der Waals surface area contributed by atoms with Crippen molar-refractivity contribution in [2.75, 3.05) is 10.8 Å². The zero-order valence-corrected chi connectivity index (χ0v) is 15.5. The molecular weight excluding hydrogens is 366 g/mol. The van der Waals surface area contributed by atoms with Gasteiger partial charge in [-0.15, -0.1) is 11.3 Å². The molecule has 0 atom stereocenters. The minimum Gasteiger partial charge on any atom is -0.391 e. The van der Waals surface area contributed by atoms with Crippen molar-refractivity contribution in [3.63, 3.8) is 0 Å². The summed E-state index contributed by atoms with van der Waals surface area (Å²) in [4.78, 5) is 11.2. The fourth-order valence-electron chi connectivity index (χ4n) is 2.54. The predicted octanol–water partition coefficient (Wildman–Crippen LogP) is 3.91. The summed E-state index contributed by atoms with van der Waals surface area (Å²) in [6, 6.07) is 13.6. The van der Waals surface area contributed by atoms with Crippen molar-refractivity contribution in [3.05, 3.63) is 65.5 Å². The van der Waals surface area contributed by atoms with Crippen LogP contribution in [0.25, 0.3) is 10.6 Å². The molecule has 0 fully saturated rings. The standard InChI is InChI=1S/C18H15N5OS2/c1-22-16(17-6-3-7-25-17)10-20-18(22)26-12-15-11-23(21-24-15)14-5-2-4-13(8-14)9-19/h2-8,10-11,21H,12H2,1H3. The number of hydrogen-bond donors (Lipinski definition) is 1. The number of hydrazine groups is 1. The molecule has 0 saturated carbocycles. The highest BCUT2D eigenvalue weighted by Gasteiger charge is 2.17. The van der Waals surface area contributed by atoms with Crippen molar-refractivity contribution >= 4 is 28.8 Å². The average molecular weight is 381 g/mol. The molecule has 0 saturated heterocycles. The molecule has 1 aromatic carbocycles. The van der Waals surface area contributed by atoms with Gasteiger partial charge in [-0.25, -0.2) is 9.99 Å². The molecule has 1 aliphatic heterocycles. The lowest BCUT2D eigenvalue weighted by molar-refractivity contribution is 0.133. The number of thioether (sulfide) groups is 1. The summed E-state index contributed by atoms with van der Waals surface area (Å²) in [6.07, 6.45) is 3.78. The van der Waals surface area contributed by atoms with E-state index in [1.54, 1.807) is 40.2 Å². The van der Waals surface area contributed by atoms with E-state index in [-0.39, 0.29) is 0 Å². The number of nitrogens with zero attached hydrogens (tertiary/aromatic N) is 4. The lowest BCUT2D eigenvalue weighted by Crippen LogP contribution is -2.27. The monoisotopic (exact) mass is 381 g/mol. The number of nitrogens with one attached hydrogen (secondary N) is 1. The Hall–Kier alpha value is -2.73. The van der Waals surface area contributed by atoms with E-state index in [1.165, 1.54) is 4.88 Å². The fourth-order valence-corrected chi connectivity index (χ4v) is 4.13. The summed E-state index contributed by atoms with van der Waals surface area (Å²) < 4.78 is 2.09. The van der Waals surface area contributed by atoms with Crippen LogP contribution in [-0.4, -0.2) is 15.3 Å². The molecule has 0 radical (unpaired) electrons. The SMILES string of the molecule is Cn1c(-c2cccs2)cnc1SCC1=CN(c2cccc(C#N)c2)NO1. The molecule has 8 heteroatoms. The lowest BCUT2D eigenvalue weighted by Gasteiger charge is -2.13. The van der Waals surface area contributed by atoms with Gasteiger partial charge in [0.25, 0.3) is 0 Å². The van der Waals surface area contributed by atoms with Gasteiger partial charge in [0.05, 0.1) is 46.0 Å². The van der Waals surface area contributed by atoms with E-state index in [9.17, 15) is 0 Å².